The second-order valence-electron chi connectivity index (χ2n) is 3.83. The third kappa shape index (κ3) is 2.99. The molecule has 0 bridgehead atoms. The molecule has 1 saturated heterocycles. The fourth-order valence-electron chi connectivity index (χ4n) is 1.79. The Balaban J connectivity index is 2.23. The number of hydrogen-bond donors (Lipinski definition) is 2. The molecule has 1 aromatic heterocycles. The van der Waals surface area contributed by atoms with Crippen LogP contribution in [0.2, 0.25) is 0 Å². The first kappa shape index (κ1) is 12.8. The molecule has 0 radical (unpaired) electrons. The monoisotopic (exact) mass is 268 g/mol. The van der Waals surface area contributed by atoms with Crippen molar-refractivity contribution < 1.29 is 9.47 Å². The molecule has 0 unspecified atom stereocenters. The number of rotatable bonds is 3. The lowest BCUT2D eigenvalue weighted by Gasteiger charge is -2.28. The van der Waals surface area contributed by atoms with E-state index in [9.17, 15) is 0 Å². The van der Waals surface area contributed by atoms with Crippen molar-refractivity contribution in [1.82, 2.24) is 4.98 Å². The van der Waals surface area contributed by atoms with Gasteiger partial charge in [0, 0.05) is 19.2 Å². The van der Waals surface area contributed by atoms with Crippen molar-refractivity contribution in [1.29, 1.82) is 0 Å². The molecule has 1 aliphatic rings. The number of nitrogens with two attached hydrogens (primary N) is 1. The molecule has 0 saturated carbocycles. The van der Waals surface area contributed by atoms with Crippen LogP contribution in [0.3, 0.4) is 0 Å². The molecule has 6 nitrogen and oxygen atoms in total. The maximum Gasteiger partial charge on any atom is 0.168 e. The van der Waals surface area contributed by atoms with Crippen LogP contribution in [0.15, 0.2) is 12.3 Å². The Labute approximate surface area is 111 Å². The van der Waals surface area contributed by atoms with Crippen LogP contribution < -0.4 is 20.7 Å². The average molecular weight is 268 g/mol. The SMILES string of the molecule is COc1cnc(N2CCOCC2)cc1NC(N)=S. The van der Waals surface area contributed by atoms with Crippen molar-refractivity contribution in [2.75, 3.05) is 43.6 Å². The van der Waals surface area contributed by atoms with Crippen LogP contribution in [-0.4, -0.2) is 43.5 Å². The summed E-state index contributed by atoms with van der Waals surface area (Å²) in [5, 5.41) is 3.09. The number of pyridine rings is 1. The zero-order valence-corrected chi connectivity index (χ0v) is 11.0. The summed E-state index contributed by atoms with van der Waals surface area (Å²) in [5.74, 6) is 1.47. The van der Waals surface area contributed by atoms with Gasteiger partial charge in [-0.1, -0.05) is 0 Å². The molecule has 0 amide bonds. The third-order valence-corrected chi connectivity index (χ3v) is 2.77. The highest BCUT2D eigenvalue weighted by molar-refractivity contribution is 7.80. The lowest BCUT2D eigenvalue weighted by molar-refractivity contribution is 0.122. The summed E-state index contributed by atoms with van der Waals surface area (Å²) in [6.45, 7) is 3.08. The largest absolute Gasteiger partial charge is 0.493 e. The van der Waals surface area contributed by atoms with Crippen molar-refractivity contribution in [3.05, 3.63) is 12.3 Å². The van der Waals surface area contributed by atoms with E-state index in [1.807, 2.05) is 6.07 Å². The fourth-order valence-corrected chi connectivity index (χ4v) is 1.90. The molecule has 0 spiro atoms. The normalized spacial score (nSPS) is 15.3. The van der Waals surface area contributed by atoms with Crippen LogP contribution in [0.4, 0.5) is 11.5 Å². The van der Waals surface area contributed by atoms with E-state index in [0.29, 0.717) is 19.0 Å². The molecular formula is C11H16N4O2S. The summed E-state index contributed by atoms with van der Waals surface area (Å²) < 4.78 is 10.5. The molecule has 0 atom stereocenters. The van der Waals surface area contributed by atoms with E-state index in [0.717, 1.165) is 24.6 Å². The minimum Gasteiger partial charge on any atom is -0.493 e. The summed E-state index contributed by atoms with van der Waals surface area (Å²) in [4.78, 5) is 6.51. The molecule has 18 heavy (non-hydrogen) atoms. The van der Waals surface area contributed by atoms with Gasteiger partial charge in [0.05, 0.1) is 32.2 Å². The lowest BCUT2D eigenvalue weighted by atomic mass is 10.3. The lowest BCUT2D eigenvalue weighted by Crippen LogP contribution is -2.36. The first-order valence-corrected chi connectivity index (χ1v) is 6.04. The molecule has 1 aliphatic heterocycles. The standard InChI is InChI=1S/C11H16N4O2S/c1-16-9-7-13-10(6-8(9)14-11(12)18)15-2-4-17-5-3-15/h6-7H,2-5H2,1H3,(H3,12,13,14,18). The summed E-state index contributed by atoms with van der Waals surface area (Å²) in [6, 6.07) is 1.88. The van der Waals surface area contributed by atoms with Gasteiger partial charge >= 0.3 is 0 Å². The average Bonchev–Trinajstić information content (AvgIpc) is 2.39. The van der Waals surface area contributed by atoms with E-state index in [4.69, 9.17) is 27.4 Å². The molecule has 0 aliphatic carbocycles. The van der Waals surface area contributed by atoms with Crippen LogP contribution in [0.1, 0.15) is 0 Å². The second kappa shape index (κ2) is 5.83. The minimum atomic E-state index is 0.201. The Morgan fingerprint density at radius 3 is 2.89 bits per heavy atom. The Morgan fingerprint density at radius 2 is 2.28 bits per heavy atom. The molecule has 3 N–H and O–H groups in total. The predicted octanol–water partition coefficient (Wildman–Crippen LogP) is 0.582. The van der Waals surface area contributed by atoms with E-state index in [1.165, 1.54) is 0 Å². The summed E-state index contributed by atoms with van der Waals surface area (Å²) >= 11 is 4.84. The van der Waals surface area contributed by atoms with Gasteiger partial charge < -0.3 is 25.4 Å². The Morgan fingerprint density at radius 1 is 1.56 bits per heavy atom. The van der Waals surface area contributed by atoms with Gasteiger partial charge in [0.15, 0.2) is 10.9 Å². The number of hydrogen-bond acceptors (Lipinski definition) is 5. The number of thiocarbonyl (C=S) groups is 1. The first-order valence-electron chi connectivity index (χ1n) is 5.64. The molecule has 0 aromatic carbocycles. The molecule has 98 valence electrons. The van der Waals surface area contributed by atoms with Gasteiger partial charge in [-0.3, -0.25) is 0 Å². The number of nitrogens with one attached hydrogen (secondary N) is 1. The fraction of sp³-hybridized carbons (Fsp3) is 0.455. The van der Waals surface area contributed by atoms with E-state index in [1.54, 1.807) is 13.3 Å². The van der Waals surface area contributed by atoms with Gasteiger partial charge in [-0.05, 0) is 12.2 Å². The van der Waals surface area contributed by atoms with Crippen molar-refractivity contribution in [3.63, 3.8) is 0 Å². The molecular weight excluding hydrogens is 252 g/mol. The van der Waals surface area contributed by atoms with Crippen molar-refractivity contribution >= 4 is 28.8 Å². The molecule has 2 rings (SSSR count). The van der Waals surface area contributed by atoms with Crippen LogP contribution in [-0.2, 0) is 4.74 Å². The molecule has 2 heterocycles. The summed E-state index contributed by atoms with van der Waals surface area (Å²) in [7, 11) is 1.58. The smallest absolute Gasteiger partial charge is 0.168 e. The minimum absolute atomic E-state index is 0.201. The highest BCUT2D eigenvalue weighted by Gasteiger charge is 2.14. The summed E-state index contributed by atoms with van der Waals surface area (Å²) in [5.41, 5.74) is 6.21. The van der Waals surface area contributed by atoms with E-state index in [-0.39, 0.29) is 5.11 Å². The van der Waals surface area contributed by atoms with Crippen molar-refractivity contribution in [3.8, 4) is 5.75 Å². The van der Waals surface area contributed by atoms with Gasteiger partial charge in [0.1, 0.15) is 5.82 Å². The van der Waals surface area contributed by atoms with E-state index >= 15 is 0 Å². The number of morpholine rings is 1. The van der Waals surface area contributed by atoms with Gasteiger partial charge in [0.2, 0.25) is 0 Å². The Hall–Kier alpha value is -1.60. The highest BCUT2D eigenvalue weighted by Crippen LogP contribution is 2.27. The third-order valence-electron chi connectivity index (χ3n) is 2.67. The highest BCUT2D eigenvalue weighted by atomic mass is 32.1. The maximum absolute atomic E-state index is 5.49. The first-order chi connectivity index (χ1) is 8.70. The zero-order valence-electron chi connectivity index (χ0n) is 10.2. The van der Waals surface area contributed by atoms with Crippen LogP contribution in [0.5, 0.6) is 5.75 Å². The van der Waals surface area contributed by atoms with Crippen LogP contribution in [0.25, 0.3) is 0 Å². The predicted molar refractivity (Wildman–Crippen MR) is 74.2 cm³/mol. The van der Waals surface area contributed by atoms with Crippen molar-refractivity contribution in [2.24, 2.45) is 5.73 Å². The zero-order chi connectivity index (χ0) is 13.0. The molecule has 7 heteroatoms. The summed E-state index contributed by atoms with van der Waals surface area (Å²) in [6.07, 6.45) is 1.66. The second-order valence-corrected chi connectivity index (χ2v) is 4.27. The Kier molecular flexibility index (Phi) is 4.16. The van der Waals surface area contributed by atoms with E-state index < -0.39 is 0 Å². The number of ether oxygens (including phenoxy) is 2. The van der Waals surface area contributed by atoms with Crippen LogP contribution >= 0.6 is 12.2 Å². The quantitative estimate of drug-likeness (QED) is 0.777. The topological polar surface area (TPSA) is 72.6 Å². The van der Waals surface area contributed by atoms with E-state index in [2.05, 4.69) is 15.2 Å². The van der Waals surface area contributed by atoms with Gasteiger partial charge in [-0.2, -0.15) is 0 Å². The number of nitrogens with zero attached hydrogens (tertiary/aromatic N) is 2. The number of methoxy groups -OCH3 is 1. The van der Waals surface area contributed by atoms with Gasteiger partial charge in [0.25, 0.3) is 0 Å². The Bertz CT molecular complexity index is 435. The van der Waals surface area contributed by atoms with Gasteiger partial charge in [-0.15, -0.1) is 0 Å². The van der Waals surface area contributed by atoms with Crippen LogP contribution in [0, 0.1) is 0 Å². The maximum atomic E-state index is 5.49. The number of anilines is 2. The van der Waals surface area contributed by atoms with Crippen molar-refractivity contribution in [2.45, 2.75) is 0 Å². The molecule has 1 aromatic rings. The number of aromatic nitrogens is 1. The van der Waals surface area contributed by atoms with Gasteiger partial charge in [-0.25, -0.2) is 4.98 Å². The molecule has 1 fully saturated rings.